The molecule has 2 rings (SSSR count). The molecule has 0 radical (unpaired) electrons. The minimum atomic E-state index is -0.937. The molecule has 0 aliphatic heterocycles. The molecular formula is C16H26IN5OS. The predicted octanol–water partition coefficient (Wildman–Crippen LogP) is 2.42. The highest BCUT2D eigenvalue weighted by molar-refractivity contribution is 14.0. The van der Waals surface area contributed by atoms with Gasteiger partial charge in [0.1, 0.15) is 5.60 Å². The summed E-state index contributed by atoms with van der Waals surface area (Å²) in [5, 5.41) is 19.0. The zero-order chi connectivity index (χ0) is 16.5. The van der Waals surface area contributed by atoms with E-state index in [-0.39, 0.29) is 24.0 Å². The molecule has 24 heavy (non-hydrogen) atoms. The molecule has 6 nitrogen and oxygen atoms in total. The molecule has 0 aliphatic rings. The Labute approximate surface area is 164 Å². The van der Waals surface area contributed by atoms with Crippen molar-refractivity contribution >= 4 is 41.3 Å². The van der Waals surface area contributed by atoms with Crippen molar-refractivity contribution in [1.29, 1.82) is 0 Å². The van der Waals surface area contributed by atoms with E-state index in [9.17, 15) is 5.11 Å². The van der Waals surface area contributed by atoms with Crippen LogP contribution in [0.4, 0.5) is 0 Å². The van der Waals surface area contributed by atoms with Crippen molar-refractivity contribution in [3.8, 4) is 0 Å². The van der Waals surface area contributed by atoms with Crippen LogP contribution >= 0.6 is 35.3 Å². The SMILES string of the molecule is CCNC(=NCC(C)(O)c1cccs1)NCCCn1ccnc1.I. The van der Waals surface area contributed by atoms with Gasteiger partial charge in [0.15, 0.2) is 5.96 Å². The van der Waals surface area contributed by atoms with Gasteiger partial charge in [-0.15, -0.1) is 35.3 Å². The average Bonchev–Trinajstić information content (AvgIpc) is 3.22. The first-order chi connectivity index (χ1) is 11.1. The molecule has 0 saturated carbocycles. The topological polar surface area (TPSA) is 74.5 Å². The minimum absolute atomic E-state index is 0. The Morgan fingerprint density at radius 2 is 2.29 bits per heavy atom. The van der Waals surface area contributed by atoms with Crippen LogP contribution in [0, 0.1) is 0 Å². The third kappa shape index (κ3) is 6.78. The number of thiophene rings is 1. The molecule has 1 atom stereocenters. The molecule has 134 valence electrons. The lowest BCUT2D eigenvalue weighted by Gasteiger charge is -2.20. The molecule has 2 heterocycles. The second kappa shape index (κ2) is 10.7. The molecular weight excluding hydrogens is 437 g/mol. The van der Waals surface area contributed by atoms with Gasteiger partial charge in [-0.1, -0.05) is 6.07 Å². The van der Waals surface area contributed by atoms with E-state index >= 15 is 0 Å². The Morgan fingerprint density at radius 1 is 1.46 bits per heavy atom. The Bertz CT molecular complexity index is 584. The van der Waals surface area contributed by atoms with E-state index < -0.39 is 5.60 Å². The maximum Gasteiger partial charge on any atom is 0.191 e. The second-order valence-electron chi connectivity index (χ2n) is 5.53. The maximum absolute atomic E-state index is 10.5. The first-order valence-corrected chi connectivity index (χ1v) is 8.74. The van der Waals surface area contributed by atoms with E-state index in [1.807, 2.05) is 41.5 Å². The number of hydrogen-bond donors (Lipinski definition) is 3. The fourth-order valence-corrected chi connectivity index (χ4v) is 2.90. The number of imidazole rings is 1. The van der Waals surface area contributed by atoms with E-state index in [0.717, 1.165) is 36.9 Å². The Hall–Kier alpha value is -1.13. The van der Waals surface area contributed by atoms with Crippen LogP contribution in [0.25, 0.3) is 0 Å². The van der Waals surface area contributed by atoms with Gasteiger partial charge in [0.05, 0.1) is 12.9 Å². The van der Waals surface area contributed by atoms with Crippen LogP contribution in [-0.2, 0) is 12.1 Å². The van der Waals surface area contributed by atoms with Crippen LogP contribution in [0.15, 0.2) is 41.2 Å². The van der Waals surface area contributed by atoms with E-state index in [1.165, 1.54) is 0 Å². The summed E-state index contributed by atoms with van der Waals surface area (Å²) in [5.41, 5.74) is -0.937. The van der Waals surface area contributed by atoms with Gasteiger partial charge in [0.25, 0.3) is 0 Å². The highest BCUT2D eigenvalue weighted by atomic mass is 127. The number of halogens is 1. The number of aliphatic imine (C=N–C) groups is 1. The summed E-state index contributed by atoms with van der Waals surface area (Å²) in [5.74, 6) is 0.731. The van der Waals surface area contributed by atoms with Crippen molar-refractivity contribution in [2.75, 3.05) is 19.6 Å². The lowest BCUT2D eigenvalue weighted by molar-refractivity contribution is 0.0711. The van der Waals surface area contributed by atoms with E-state index in [0.29, 0.717) is 6.54 Å². The zero-order valence-electron chi connectivity index (χ0n) is 14.1. The normalized spacial score (nSPS) is 13.9. The van der Waals surface area contributed by atoms with E-state index in [4.69, 9.17) is 0 Å². The fourth-order valence-electron chi connectivity index (χ4n) is 2.13. The van der Waals surface area contributed by atoms with Gasteiger partial charge in [-0.25, -0.2) is 9.98 Å². The molecule has 0 bridgehead atoms. The van der Waals surface area contributed by atoms with Gasteiger partial charge in [0, 0.05) is 36.9 Å². The summed E-state index contributed by atoms with van der Waals surface area (Å²) in [6, 6.07) is 3.88. The molecule has 0 aliphatic carbocycles. The van der Waals surface area contributed by atoms with Crippen molar-refractivity contribution in [2.24, 2.45) is 4.99 Å². The zero-order valence-corrected chi connectivity index (χ0v) is 17.3. The fraction of sp³-hybridized carbons (Fsp3) is 0.500. The predicted molar refractivity (Wildman–Crippen MR) is 110 cm³/mol. The molecule has 2 aromatic rings. The Balaban J connectivity index is 0.00000288. The van der Waals surface area contributed by atoms with Crippen molar-refractivity contribution in [1.82, 2.24) is 20.2 Å². The summed E-state index contributed by atoms with van der Waals surface area (Å²) in [4.78, 5) is 9.46. The van der Waals surface area contributed by atoms with Crippen molar-refractivity contribution in [2.45, 2.75) is 32.4 Å². The van der Waals surface area contributed by atoms with Crippen LogP contribution in [0.5, 0.6) is 0 Å². The first-order valence-electron chi connectivity index (χ1n) is 7.86. The van der Waals surface area contributed by atoms with Gasteiger partial charge in [0.2, 0.25) is 0 Å². The van der Waals surface area contributed by atoms with Crippen molar-refractivity contribution in [3.63, 3.8) is 0 Å². The van der Waals surface area contributed by atoms with E-state index in [2.05, 4.69) is 20.6 Å². The largest absolute Gasteiger partial charge is 0.383 e. The highest BCUT2D eigenvalue weighted by Gasteiger charge is 2.23. The summed E-state index contributed by atoms with van der Waals surface area (Å²) >= 11 is 1.55. The van der Waals surface area contributed by atoms with E-state index in [1.54, 1.807) is 24.5 Å². The Morgan fingerprint density at radius 3 is 2.92 bits per heavy atom. The maximum atomic E-state index is 10.5. The lowest BCUT2D eigenvalue weighted by Crippen LogP contribution is -2.39. The molecule has 0 fully saturated rings. The molecule has 0 aromatic carbocycles. The first kappa shape index (κ1) is 20.9. The average molecular weight is 463 g/mol. The number of hydrogen-bond acceptors (Lipinski definition) is 4. The lowest BCUT2D eigenvalue weighted by atomic mass is 10.1. The number of nitrogens with zero attached hydrogens (tertiary/aromatic N) is 3. The van der Waals surface area contributed by atoms with Crippen LogP contribution in [0.1, 0.15) is 25.1 Å². The molecule has 3 N–H and O–H groups in total. The molecule has 0 amide bonds. The molecule has 0 spiro atoms. The quantitative estimate of drug-likeness (QED) is 0.243. The number of aliphatic hydroxyl groups is 1. The standard InChI is InChI=1S/C16H25N5OS.HI/c1-3-18-15(19-7-5-9-21-10-8-17-13-21)20-12-16(2,22)14-6-4-11-23-14;/h4,6,8,10-11,13,22H,3,5,7,9,12H2,1-2H3,(H2,18,19,20);1H. The number of nitrogens with one attached hydrogen (secondary N) is 2. The summed E-state index contributed by atoms with van der Waals surface area (Å²) in [7, 11) is 0. The second-order valence-corrected chi connectivity index (χ2v) is 6.47. The van der Waals surface area contributed by atoms with Gasteiger partial charge in [-0.05, 0) is 31.7 Å². The molecule has 0 saturated heterocycles. The van der Waals surface area contributed by atoms with Crippen LogP contribution in [0.2, 0.25) is 0 Å². The van der Waals surface area contributed by atoms with Gasteiger partial charge in [-0.3, -0.25) is 0 Å². The Kier molecular flexibility index (Phi) is 9.30. The van der Waals surface area contributed by atoms with Gasteiger partial charge < -0.3 is 20.3 Å². The van der Waals surface area contributed by atoms with Crippen molar-refractivity contribution < 1.29 is 5.11 Å². The summed E-state index contributed by atoms with van der Waals surface area (Å²) in [6.07, 6.45) is 6.53. The third-order valence-corrected chi connectivity index (χ3v) is 4.51. The highest BCUT2D eigenvalue weighted by Crippen LogP contribution is 2.25. The molecule has 1 unspecified atom stereocenters. The smallest absolute Gasteiger partial charge is 0.191 e. The van der Waals surface area contributed by atoms with Crippen LogP contribution in [-0.4, -0.2) is 40.3 Å². The van der Waals surface area contributed by atoms with Crippen LogP contribution < -0.4 is 10.6 Å². The summed E-state index contributed by atoms with van der Waals surface area (Å²) < 4.78 is 2.05. The minimum Gasteiger partial charge on any atom is -0.383 e. The van der Waals surface area contributed by atoms with Crippen LogP contribution in [0.3, 0.4) is 0 Å². The number of aromatic nitrogens is 2. The summed E-state index contributed by atoms with van der Waals surface area (Å²) in [6.45, 7) is 6.66. The monoisotopic (exact) mass is 463 g/mol. The number of aryl methyl sites for hydroxylation is 1. The van der Waals surface area contributed by atoms with Crippen molar-refractivity contribution in [3.05, 3.63) is 41.1 Å². The number of rotatable bonds is 8. The third-order valence-electron chi connectivity index (χ3n) is 3.39. The van der Waals surface area contributed by atoms with Gasteiger partial charge >= 0.3 is 0 Å². The number of guanidine groups is 1. The molecule has 8 heteroatoms. The molecule has 2 aromatic heterocycles. The van der Waals surface area contributed by atoms with Gasteiger partial charge in [-0.2, -0.15) is 0 Å².